The summed E-state index contributed by atoms with van der Waals surface area (Å²) in [6.07, 6.45) is 5.15. The van der Waals surface area contributed by atoms with Crippen molar-refractivity contribution in [3.8, 4) is 11.5 Å². The molecule has 3 aromatic rings. The first kappa shape index (κ1) is 27.5. The maximum Gasteiger partial charge on any atom is 0.263 e. The fourth-order valence-electron chi connectivity index (χ4n) is 4.14. The van der Waals surface area contributed by atoms with Gasteiger partial charge < -0.3 is 25.5 Å². The highest BCUT2D eigenvalue weighted by molar-refractivity contribution is 6.06. The van der Waals surface area contributed by atoms with Crippen molar-refractivity contribution in [2.24, 2.45) is 0 Å². The van der Waals surface area contributed by atoms with Crippen molar-refractivity contribution in [1.82, 2.24) is 15.3 Å². The molecule has 0 saturated heterocycles. The zero-order valence-electron chi connectivity index (χ0n) is 22.1. The largest absolute Gasteiger partial charge is 0.486 e. The Bertz CT molecular complexity index is 1430. The lowest BCUT2D eigenvalue weighted by atomic mass is 9.91. The van der Waals surface area contributed by atoms with E-state index in [1.807, 2.05) is 37.3 Å². The van der Waals surface area contributed by atoms with Gasteiger partial charge in [-0.2, -0.15) is 0 Å². The fourth-order valence-corrected chi connectivity index (χ4v) is 4.14. The molecule has 0 atom stereocenters. The molecule has 39 heavy (non-hydrogen) atoms. The van der Waals surface area contributed by atoms with Crippen LogP contribution in [0.25, 0.3) is 11.1 Å². The van der Waals surface area contributed by atoms with E-state index in [0.29, 0.717) is 65.3 Å². The van der Waals surface area contributed by atoms with Crippen LogP contribution in [-0.4, -0.2) is 35.9 Å². The SMILES string of the molecule is CC/C=C(/C(=C(/C=C\C(C)=N)NC)c1ccnc(Nc2ccc3c(c2)OCCO3)n1)c1cccc(C(F)F)c1. The van der Waals surface area contributed by atoms with Crippen molar-refractivity contribution in [1.29, 1.82) is 5.41 Å². The van der Waals surface area contributed by atoms with Crippen LogP contribution in [0.15, 0.2) is 78.7 Å². The first-order chi connectivity index (χ1) is 18.9. The Balaban J connectivity index is 1.82. The number of hydrogen-bond donors (Lipinski definition) is 3. The number of hydrogen-bond acceptors (Lipinski definition) is 7. The number of nitrogens with zero attached hydrogens (tertiary/aromatic N) is 2. The number of alkyl halides is 2. The van der Waals surface area contributed by atoms with Gasteiger partial charge in [0.25, 0.3) is 6.43 Å². The van der Waals surface area contributed by atoms with E-state index in [-0.39, 0.29) is 5.56 Å². The lowest BCUT2D eigenvalue weighted by molar-refractivity contribution is 0.151. The molecule has 0 radical (unpaired) electrons. The van der Waals surface area contributed by atoms with Crippen LogP contribution in [0.4, 0.5) is 20.4 Å². The molecule has 0 aliphatic carbocycles. The van der Waals surface area contributed by atoms with Gasteiger partial charge in [-0.3, -0.25) is 0 Å². The van der Waals surface area contributed by atoms with Crippen molar-refractivity contribution >= 4 is 28.5 Å². The van der Waals surface area contributed by atoms with Gasteiger partial charge >= 0.3 is 0 Å². The number of halogens is 2. The number of nitrogens with one attached hydrogen (secondary N) is 3. The molecule has 1 aliphatic rings. The number of likely N-dealkylation sites (N-methyl/N-ethyl adjacent to an activating group) is 1. The van der Waals surface area contributed by atoms with Crippen LogP contribution in [0.1, 0.15) is 43.5 Å². The van der Waals surface area contributed by atoms with Crippen molar-refractivity contribution in [3.05, 3.63) is 95.5 Å². The average Bonchev–Trinajstić information content (AvgIpc) is 2.94. The third kappa shape index (κ3) is 6.87. The summed E-state index contributed by atoms with van der Waals surface area (Å²) in [5.74, 6) is 1.67. The number of rotatable bonds is 10. The quantitative estimate of drug-likeness (QED) is 0.194. The maximum absolute atomic E-state index is 13.6. The standard InChI is InChI=1S/C30H31F2N5O2/c1-4-6-23(20-7-5-8-21(17-20)29(31)32)28(24(34-3)11-9-19(2)33)25-13-14-35-30(37-25)36-22-10-12-26-27(18-22)39-16-15-38-26/h5-14,17-18,29,33-34H,4,15-16H2,1-3H3,(H,35,36,37)/b11-9-,23-6+,28-24+,33-19?. The van der Waals surface area contributed by atoms with Crippen LogP contribution in [0.3, 0.4) is 0 Å². The zero-order chi connectivity index (χ0) is 27.8. The van der Waals surface area contributed by atoms with Crippen LogP contribution in [-0.2, 0) is 0 Å². The molecule has 1 aliphatic heterocycles. The summed E-state index contributed by atoms with van der Waals surface area (Å²) in [6, 6.07) is 13.6. The molecular formula is C30H31F2N5O2. The minimum atomic E-state index is -2.59. The predicted molar refractivity (Wildman–Crippen MR) is 151 cm³/mol. The number of aromatic nitrogens is 2. The molecule has 0 spiro atoms. The monoisotopic (exact) mass is 531 g/mol. The van der Waals surface area contributed by atoms with Crippen LogP contribution in [0.5, 0.6) is 11.5 Å². The summed E-state index contributed by atoms with van der Waals surface area (Å²) >= 11 is 0. The molecule has 202 valence electrons. The molecule has 7 nitrogen and oxygen atoms in total. The van der Waals surface area contributed by atoms with Crippen LogP contribution >= 0.6 is 0 Å². The van der Waals surface area contributed by atoms with Crippen molar-refractivity contribution < 1.29 is 18.3 Å². The Labute approximate surface area is 226 Å². The Morgan fingerprint density at radius 3 is 2.59 bits per heavy atom. The number of fused-ring (bicyclic) bond motifs is 1. The minimum Gasteiger partial charge on any atom is -0.486 e. The number of benzene rings is 2. The second kappa shape index (κ2) is 12.8. The lowest BCUT2D eigenvalue weighted by Gasteiger charge is -2.19. The summed E-state index contributed by atoms with van der Waals surface area (Å²) in [4.78, 5) is 9.19. The number of allylic oxidation sites excluding steroid dienone is 5. The Hall–Kier alpha value is -4.53. The predicted octanol–water partition coefficient (Wildman–Crippen LogP) is 6.95. The van der Waals surface area contributed by atoms with E-state index < -0.39 is 6.43 Å². The summed E-state index contributed by atoms with van der Waals surface area (Å²) in [5.41, 5.74) is 4.34. The molecule has 0 amide bonds. The summed E-state index contributed by atoms with van der Waals surface area (Å²) in [5, 5.41) is 14.3. The summed E-state index contributed by atoms with van der Waals surface area (Å²) in [6.45, 7) is 4.65. The zero-order valence-corrected chi connectivity index (χ0v) is 22.1. The highest BCUT2D eigenvalue weighted by atomic mass is 19.3. The molecule has 0 fully saturated rings. The van der Waals surface area contributed by atoms with Crippen LogP contribution < -0.4 is 20.1 Å². The van der Waals surface area contributed by atoms with Crippen LogP contribution in [0, 0.1) is 5.41 Å². The van der Waals surface area contributed by atoms with Gasteiger partial charge in [0.1, 0.15) is 13.2 Å². The van der Waals surface area contributed by atoms with E-state index in [1.165, 1.54) is 12.1 Å². The molecule has 0 bridgehead atoms. The van der Waals surface area contributed by atoms with E-state index in [0.717, 1.165) is 11.3 Å². The first-order valence-corrected chi connectivity index (χ1v) is 12.6. The first-order valence-electron chi connectivity index (χ1n) is 12.6. The lowest BCUT2D eigenvalue weighted by Crippen LogP contribution is -2.15. The third-order valence-corrected chi connectivity index (χ3v) is 5.88. The Kier molecular flexibility index (Phi) is 9.04. The van der Waals surface area contributed by atoms with Crippen molar-refractivity contribution in [2.45, 2.75) is 26.7 Å². The van der Waals surface area contributed by atoms with Gasteiger partial charge in [0.2, 0.25) is 5.95 Å². The van der Waals surface area contributed by atoms with Gasteiger partial charge in [-0.1, -0.05) is 31.2 Å². The second-order valence-corrected chi connectivity index (χ2v) is 8.76. The molecule has 2 heterocycles. The summed E-state index contributed by atoms with van der Waals surface area (Å²) in [7, 11) is 1.77. The van der Waals surface area contributed by atoms with Gasteiger partial charge in [-0.25, -0.2) is 18.7 Å². The van der Waals surface area contributed by atoms with E-state index in [1.54, 1.807) is 44.5 Å². The molecular weight excluding hydrogens is 500 g/mol. The second-order valence-electron chi connectivity index (χ2n) is 8.76. The van der Waals surface area contributed by atoms with E-state index in [9.17, 15) is 8.78 Å². The molecule has 2 aromatic carbocycles. The molecule has 0 saturated carbocycles. The van der Waals surface area contributed by atoms with Gasteiger partial charge in [0.15, 0.2) is 11.5 Å². The normalized spacial score (nSPS) is 13.8. The van der Waals surface area contributed by atoms with Crippen molar-refractivity contribution in [2.75, 3.05) is 25.6 Å². The van der Waals surface area contributed by atoms with Crippen LogP contribution in [0.2, 0.25) is 0 Å². The Morgan fingerprint density at radius 2 is 1.87 bits per heavy atom. The number of ether oxygens (including phenoxy) is 2. The topological polar surface area (TPSA) is 92.2 Å². The van der Waals surface area contributed by atoms with E-state index in [4.69, 9.17) is 19.9 Å². The smallest absolute Gasteiger partial charge is 0.263 e. The van der Waals surface area contributed by atoms with Gasteiger partial charge in [0, 0.05) is 47.5 Å². The van der Waals surface area contributed by atoms with E-state index >= 15 is 0 Å². The average molecular weight is 532 g/mol. The Morgan fingerprint density at radius 1 is 1.08 bits per heavy atom. The molecule has 4 rings (SSSR count). The highest BCUT2D eigenvalue weighted by Crippen LogP contribution is 2.36. The molecule has 9 heteroatoms. The molecule has 1 aromatic heterocycles. The number of anilines is 2. The van der Waals surface area contributed by atoms with Crippen molar-refractivity contribution in [3.63, 3.8) is 0 Å². The highest BCUT2D eigenvalue weighted by Gasteiger charge is 2.19. The van der Waals surface area contributed by atoms with Gasteiger partial charge in [0.05, 0.1) is 5.69 Å². The fraction of sp³-hybridized carbons (Fsp3) is 0.233. The summed E-state index contributed by atoms with van der Waals surface area (Å²) < 4.78 is 38.5. The van der Waals surface area contributed by atoms with Gasteiger partial charge in [-0.15, -0.1) is 0 Å². The third-order valence-electron chi connectivity index (χ3n) is 5.88. The molecule has 3 N–H and O–H groups in total. The van der Waals surface area contributed by atoms with E-state index in [2.05, 4.69) is 15.6 Å². The minimum absolute atomic E-state index is 0.0607. The molecule has 0 unspecified atom stereocenters. The van der Waals surface area contributed by atoms with Gasteiger partial charge in [-0.05, 0) is 60.9 Å². The maximum atomic E-state index is 13.6.